The number of ketones is 1. The Kier molecular flexibility index (Phi) is 5.10. The quantitative estimate of drug-likeness (QED) is 0.756. The van der Waals surface area contributed by atoms with Crippen molar-refractivity contribution in [3.63, 3.8) is 0 Å². The smallest absolute Gasteiger partial charge is 0.243 e. The first kappa shape index (κ1) is 17.5. The van der Waals surface area contributed by atoms with Gasteiger partial charge in [0.25, 0.3) is 0 Å². The van der Waals surface area contributed by atoms with Crippen LogP contribution in [-0.2, 0) is 10.0 Å². The van der Waals surface area contributed by atoms with Crippen LogP contribution in [0.4, 0.5) is 0 Å². The molecule has 2 aromatic rings. The summed E-state index contributed by atoms with van der Waals surface area (Å²) >= 11 is 0. The molecule has 1 aliphatic heterocycles. The second kappa shape index (κ2) is 7.28. The highest BCUT2D eigenvalue weighted by Gasteiger charge is 2.30. The van der Waals surface area contributed by atoms with Crippen molar-refractivity contribution in [1.29, 1.82) is 0 Å². The molecule has 1 fully saturated rings. The van der Waals surface area contributed by atoms with Gasteiger partial charge >= 0.3 is 0 Å². The molecule has 0 saturated carbocycles. The van der Waals surface area contributed by atoms with E-state index in [0.29, 0.717) is 37.4 Å². The number of hydrogen-bond donors (Lipinski definition) is 0. The van der Waals surface area contributed by atoms with Crippen molar-refractivity contribution < 1.29 is 17.9 Å². The minimum Gasteiger partial charge on any atom is -0.473 e. The van der Waals surface area contributed by atoms with E-state index in [1.54, 1.807) is 30.7 Å². The molecule has 1 saturated heterocycles. The van der Waals surface area contributed by atoms with Crippen LogP contribution >= 0.6 is 0 Å². The molecule has 25 heavy (non-hydrogen) atoms. The second-order valence-corrected chi connectivity index (χ2v) is 7.78. The molecule has 0 radical (unpaired) electrons. The molecule has 0 spiro atoms. The average Bonchev–Trinajstić information content (AvgIpc) is 2.63. The van der Waals surface area contributed by atoms with Crippen molar-refractivity contribution in [3.05, 3.63) is 48.4 Å². The zero-order valence-corrected chi connectivity index (χ0v) is 14.6. The summed E-state index contributed by atoms with van der Waals surface area (Å²) in [5.74, 6) is 0.356. The Balaban J connectivity index is 1.64. The van der Waals surface area contributed by atoms with Crippen LogP contribution in [0.5, 0.6) is 5.88 Å². The van der Waals surface area contributed by atoms with E-state index in [0.717, 1.165) is 0 Å². The van der Waals surface area contributed by atoms with E-state index in [9.17, 15) is 13.2 Å². The van der Waals surface area contributed by atoms with Crippen LogP contribution in [0.3, 0.4) is 0 Å². The van der Waals surface area contributed by atoms with Crippen LogP contribution in [0.25, 0.3) is 0 Å². The van der Waals surface area contributed by atoms with Crippen molar-refractivity contribution in [3.8, 4) is 5.88 Å². The van der Waals surface area contributed by atoms with Crippen molar-refractivity contribution in [2.45, 2.75) is 30.8 Å². The number of nitrogens with zero attached hydrogens (tertiary/aromatic N) is 3. The number of ether oxygens (including phenoxy) is 1. The summed E-state index contributed by atoms with van der Waals surface area (Å²) in [5, 5.41) is 0. The number of sulfonamides is 1. The lowest BCUT2D eigenvalue weighted by Crippen LogP contribution is -2.41. The summed E-state index contributed by atoms with van der Waals surface area (Å²) in [6, 6.07) is 6.04. The Labute approximate surface area is 146 Å². The minimum absolute atomic E-state index is 0.0803. The third kappa shape index (κ3) is 4.02. The monoisotopic (exact) mass is 361 g/mol. The number of aromatic nitrogens is 2. The molecule has 8 heteroatoms. The van der Waals surface area contributed by atoms with Crippen molar-refractivity contribution in [2.75, 3.05) is 13.1 Å². The Morgan fingerprint density at radius 2 is 1.84 bits per heavy atom. The molecule has 1 aromatic carbocycles. The fraction of sp³-hybridized carbons (Fsp3) is 0.353. The number of hydrogen-bond acceptors (Lipinski definition) is 6. The number of rotatable bonds is 5. The van der Waals surface area contributed by atoms with Gasteiger partial charge < -0.3 is 4.74 Å². The number of carbonyl (C=O) groups is 1. The zero-order valence-electron chi connectivity index (χ0n) is 13.8. The van der Waals surface area contributed by atoms with Crippen LogP contribution in [0.15, 0.2) is 47.8 Å². The maximum absolute atomic E-state index is 12.7. The van der Waals surface area contributed by atoms with Gasteiger partial charge in [-0.3, -0.25) is 9.78 Å². The van der Waals surface area contributed by atoms with Crippen molar-refractivity contribution in [2.24, 2.45) is 0 Å². The second-order valence-electron chi connectivity index (χ2n) is 5.85. The first-order chi connectivity index (χ1) is 12.0. The van der Waals surface area contributed by atoms with E-state index in [1.165, 1.54) is 23.4 Å². The van der Waals surface area contributed by atoms with Gasteiger partial charge in [-0.05, 0) is 31.9 Å². The molecule has 3 rings (SSSR count). The van der Waals surface area contributed by atoms with E-state index in [-0.39, 0.29) is 16.8 Å². The largest absolute Gasteiger partial charge is 0.473 e. The summed E-state index contributed by atoms with van der Waals surface area (Å²) in [6.07, 6.45) is 5.75. The zero-order chi connectivity index (χ0) is 17.9. The van der Waals surface area contributed by atoms with Crippen LogP contribution in [0.1, 0.15) is 30.1 Å². The van der Waals surface area contributed by atoms with E-state index < -0.39 is 10.0 Å². The summed E-state index contributed by atoms with van der Waals surface area (Å²) in [7, 11) is -3.56. The number of benzene rings is 1. The molecule has 1 aromatic heterocycles. The highest BCUT2D eigenvalue weighted by Crippen LogP contribution is 2.23. The number of carbonyl (C=O) groups excluding carboxylic acids is 1. The van der Waals surface area contributed by atoms with Gasteiger partial charge in [0.2, 0.25) is 15.9 Å². The van der Waals surface area contributed by atoms with Gasteiger partial charge in [0.15, 0.2) is 5.78 Å². The minimum atomic E-state index is -3.56. The van der Waals surface area contributed by atoms with E-state index in [2.05, 4.69) is 9.97 Å². The number of Topliss-reactive ketones (excluding diaryl/α,β-unsaturated/α-hetero) is 1. The third-order valence-electron chi connectivity index (χ3n) is 4.13. The van der Waals surface area contributed by atoms with E-state index >= 15 is 0 Å². The maximum Gasteiger partial charge on any atom is 0.243 e. The molecule has 0 N–H and O–H groups in total. The fourth-order valence-corrected chi connectivity index (χ4v) is 4.19. The first-order valence-electron chi connectivity index (χ1n) is 8.00. The van der Waals surface area contributed by atoms with Gasteiger partial charge in [0, 0.05) is 31.0 Å². The molecule has 0 unspecified atom stereocenters. The predicted molar refractivity (Wildman–Crippen MR) is 90.9 cm³/mol. The Bertz CT molecular complexity index is 830. The van der Waals surface area contributed by atoms with Gasteiger partial charge in [-0.25, -0.2) is 13.4 Å². The standard InChI is InChI=1S/C17H19N3O4S/c1-13(21)14-2-4-16(5-3-14)25(22,23)20-10-6-15(7-11-20)24-17-12-18-8-9-19-17/h2-5,8-9,12,15H,6-7,10-11H2,1H3. The topological polar surface area (TPSA) is 89.5 Å². The van der Waals surface area contributed by atoms with Crippen LogP contribution in [0, 0.1) is 0 Å². The van der Waals surface area contributed by atoms with Crippen LogP contribution < -0.4 is 4.74 Å². The van der Waals surface area contributed by atoms with E-state index in [1.807, 2.05) is 0 Å². The normalized spacial score (nSPS) is 16.5. The summed E-state index contributed by atoms with van der Waals surface area (Å²) < 4.78 is 32.6. The molecule has 7 nitrogen and oxygen atoms in total. The van der Waals surface area contributed by atoms with Gasteiger partial charge in [-0.15, -0.1) is 0 Å². The van der Waals surface area contributed by atoms with Crippen molar-refractivity contribution >= 4 is 15.8 Å². The molecule has 0 bridgehead atoms. The predicted octanol–water partition coefficient (Wildman–Crippen LogP) is 1.91. The molecule has 0 atom stereocenters. The molecule has 0 amide bonds. The average molecular weight is 361 g/mol. The maximum atomic E-state index is 12.7. The summed E-state index contributed by atoms with van der Waals surface area (Å²) in [6.45, 7) is 2.20. The lowest BCUT2D eigenvalue weighted by atomic mass is 10.1. The first-order valence-corrected chi connectivity index (χ1v) is 9.44. The lowest BCUT2D eigenvalue weighted by Gasteiger charge is -2.31. The molecular formula is C17H19N3O4S. The van der Waals surface area contributed by atoms with Gasteiger partial charge in [-0.1, -0.05) is 12.1 Å². The number of piperidine rings is 1. The Morgan fingerprint density at radius 1 is 1.16 bits per heavy atom. The summed E-state index contributed by atoms with van der Waals surface area (Å²) in [5.41, 5.74) is 0.495. The highest BCUT2D eigenvalue weighted by molar-refractivity contribution is 7.89. The van der Waals surface area contributed by atoms with E-state index in [4.69, 9.17) is 4.74 Å². The summed E-state index contributed by atoms with van der Waals surface area (Å²) in [4.78, 5) is 19.5. The van der Waals surface area contributed by atoms with Gasteiger partial charge in [0.05, 0.1) is 11.1 Å². The lowest BCUT2D eigenvalue weighted by molar-refractivity contribution is 0.101. The highest BCUT2D eigenvalue weighted by atomic mass is 32.2. The Morgan fingerprint density at radius 3 is 2.40 bits per heavy atom. The van der Waals surface area contributed by atoms with Crippen molar-refractivity contribution in [1.82, 2.24) is 14.3 Å². The van der Waals surface area contributed by atoms with Gasteiger partial charge in [-0.2, -0.15) is 4.31 Å². The Hall–Kier alpha value is -2.32. The van der Waals surface area contributed by atoms with Crippen LogP contribution in [-0.4, -0.2) is 47.7 Å². The third-order valence-corrected chi connectivity index (χ3v) is 6.04. The van der Waals surface area contributed by atoms with Gasteiger partial charge in [0.1, 0.15) is 6.10 Å². The molecule has 1 aliphatic rings. The molecule has 2 heterocycles. The molecule has 132 valence electrons. The molecule has 0 aliphatic carbocycles. The van der Waals surface area contributed by atoms with Crippen LogP contribution in [0.2, 0.25) is 0 Å². The molecular weight excluding hydrogens is 342 g/mol. The fourth-order valence-electron chi connectivity index (χ4n) is 2.72. The SMILES string of the molecule is CC(=O)c1ccc(S(=O)(=O)N2CCC(Oc3cnccn3)CC2)cc1.